The van der Waals surface area contributed by atoms with Crippen LogP contribution in [0.15, 0.2) is 4.52 Å². The molecule has 4 heteroatoms. The Hall–Kier alpha value is -0.900. The van der Waals surface area contributed by atoms with Gasteiger partial charge >= 0.3 is 0 Å². The first-order valence-corrected chi connectivity index (χ1v) is 6.18. The molecule has 0 aromatic carbocycles. The Balaban J connectivity index is 1.85. The van der Waals surface area contributed by atoms with Crippen LogP contribution in [0.5, 0.6) is 0 Å². The van der Waals surface area contributed by atoms with Crippen molar-refractivity contribution >= 4 is 0 Å². The molecular weight excluding hydrogens is 202 g/mol. The second-order valence-electron chi connectivity index (χ2n) is 5.79. The number of rotatable bonds is 2. The molecule has 0 unspecified atom stereocenters. The van der Waals surface area contributed by atoms with Crippen LogP contribution in [0.2, 0.25) is 0 Å². The van der Waals surface area contributed by atoms with Crippen molar-refractivity contribution in [3.05, 3.63) is 11.7 Å². The van der Waals surface area contributed by atoms with Gasteiger partial charge in [0.15, 0.2) is 5.82 Å². The predicted molar refractivity (Wildman–Crippen MR) is 60.3 cm³/mol. The lowest BCUT2D eigenvalue weighted by Gasteiger charge is -2.30. The van der Waals surface area contributed by atoms with Crippen molar-refractivity contribution in [1.82, 2.24) is 15.5 Å². The normalized spacial score (nSPS) is 26.6. The summed E-state index contributed by atoms with van der Waals surface area (Å²) in [6.45, 7) is 6.55. The molecule has 0 radical (unpaired) electrons. The summed E-state index contributed by atoms with van der Waals surface area (Å²) in [5.74, 6) is 1.76. The van der Waals surface area contributed by atoms with Gasteiger partial charge in [-0.25, -0.2) is 0 Å². The van der Waals surface area contributed by atoms with Gasteiger partial charge < -0.3 is 9.84 Å². The summed E-state index contributed by atoms with van der Waals surface area (Å²) < 4.78 is 5.48. The Morgan fingerprint density at radius 1 is 1.06 bits per heavy atom. The molecule has 1 aromatic heterocycles. The largest absolute Gasteiger partial charge is 0.339 e. The number of hydrogen-bond donors (Lipinski definition) is 1. The average molecular weight is 221 g/mol. The molecule has 1 aliphatic heterocycles. The summed E-state index contributed by atoms with van der Waals surface area (Å²) >= 11 is 0. The van der Waals surface area contributed by atoms with Crippen molar-refractivity contribution in [2.45, 2.75) is 50.4 Å². The maximum atomic E-state index is 5.48. The fourth-order valence-corrected chi connectivity index (χ4v) is 2.32. The van der Waals surface area contributed by atoms with Crippen molar-refractivity contribution in [1.29, 1.82) is 0 Å². The minimum absolute atomic E-state index is 0.0851. The first-order chi connectivity index (χ1) is 7.62. The van der Waals surface area contributed by atoms with E-state index in [0.29, 0.717) is 0 Å². The Morgan fingerprint density at radius 2 is 1.75 bits per heavy atom. The number of aromatic nitrogens is 2. The predicted octanol–water partition coefficient (Wildman–Crippen LogP) is 1.76. The van der Waals surface area contributed by atoms with E-state index in [4.69, 9.17) is 4.52 Å². The Labute approximate surface area is 95.8 Å². The molecule has 1 aromatic rings. The maximum absolute atomic E-state index is 5.48. The summed E-state index contributed by atoms with van der Waals surface area (Å²) in [6.07, 6.45) is 4.57. The quantitative estimate of drug-likeness (QED) is 0.826. The second kappa shape index (κ2) is 3.29. The van der Waals surface area contributed by atoms with E-state index in [9.17, 15) is 0 Å². The zero-order valence-corrected chi connectivity index (χ0v) is 10.0. The van der Waals surface area contributed by atoms with Gasteiger partial charge in [-0.15, -0.1) is 0 Å². The van der Waals surface area contributed by atoms with Crippen LogP contribution in [0.3, 0.4) is 0 Å². The van der Waals surface area contributed by atoms with Gasteiger partial charge in [0.05, 0.1) is 0 Å². The van der Waals surface area contributed by atoms with E-state index in [1.165, 1.54) is 12.8 Å². The fourth-order valence-electron chi connectivity index (χ4n) is 2.32. The van der Waals surface area contributed by atoms with Gasteiger partial charge in [-0.05, 0) is 38.8 Å². The molecule has 0 spiro atoms. The summed E-state index contributed by atoms with van der Waals surface area (Å²) in [4.78, 5) is 4.63. The smallest absolute Gasteiger partial charge is 0.232 e. The molecule has 1 N–H and O–H groups in total. The minimum atomic E-state index is 0.0851. The average Bonchev–Trinajstić information content (AvgIpc) is 2.84. The first-order valence-electron chi connectivity index (χ1n) is 6.18. The molecule has 88 valence electrons. The lowest BCUT2D eigenvalue weighted by molar-refractivity contribution is 0.240. The zero-order valence-electron chi connectivity index (χ0n) is 10.0. The highest BCUT2D eigenvalue weighted by Gasteiger charge is 2.45. The van der Waals surface area contributed by atoms with Gasteiger partial charge in [0.25, 0.3) is 0 Å². The van der Waals surface area contributed by atoms with Crippen LogP contribution in [0.25, 0.3) is 0 Å². The van der Waals surface area contributed by atoms with E-state index in [0.717, 1.165) is 37.6 Å². The molecule has 4 nitrogen and oxygen atoms in total. The molecule has 1 aliphatic carbocycles. The number of nitrogens with one attached hydrogen (secondary N) is 1. The van der Waals surface area contributed by atoms with Crippen molar-refractivity contribution < 1.29 is 4.52 Å². The summed E-state index contributed by atoms with van der Waals surface area (Å²) in [7, 11) is 0. The third-order valence-corrected chi connectivity index (χ3v) is 4.19. The van der Waals surface area contributed by atoms with Gasteiger partial charge in [0.1, 0.15) is 0 Å². The van der Waals surface area contributed by atoms with Gasteiger partial charge in [0, 0.05) is 10.8 Å². The molecule has 16 heavy (non-hydrogen) atoms. The van der Waals surface area contributed by atoms with Crippen LogP contribution >= 0.6 is 0 Å². The molecule has 2 aliphatic rings. The molecule has 1 saturated heterocycles. The fraction of sp³-hybridized carbons (Fsp3) is 0.833. The molecule has 2 heterocycles. The van der Waals surface area contributed by atoms with E-state index >= 15 is 0 Å². The molecule has 0 atom stereocenters. The highest BCUT2D eigenvalue weighted by Crippen LogP contribution is 2.46. The topological polar surface area (TPSA) is 51.0 Å². The molecule has 0 amide bonds. The van der Waals surface area contributed by atoms with Crippen LogP contribution in [-0.4, -0.2) is 23.2 Å². The van der Waals surface area contributed by atoms with Crippen molar-refractivity contribution in [3.63, 3.8) is 0 Å². The number of nitrogens with zero attached hydrogens (tertiary/aromatic N) is 2. The zero-order chi connectivity index (χ0) is 11.2. The van der Waals surface area contributed by atoms with Crippen molar-refractivity contribution in [3.8, 4) is 0 Å². The Bertz CT molecular complexity index is 389. The monoisotopic (exact) mass is 221 g/mol. The number of hydrogen-bond acceptors (Lipinski definition) is 4. The second-order valence-corrected chi connectivity index (χ2v) is 5.79. The Kier molecular flexibility index (Phi) is 2.11. The van der Waals surface area contributed by atoms with E-state index in [1.54, 1.807) is 0 Å². The summed E-state index contributed by atoms with van der Waals surface area (Å²) in [6, 6.07) is 0. The van der Waals surface area contributed by atoms with Crippen LogP contribution < -0.4 is 5.32 Å². The van der Waals surface area contributed by atoms with E-state index < -0.39 is 0 Å². The van der Waals surface area contributed by atoms with Crippen LogP contribution in [-0.2, 0) is 10.8 Å². The van der Waals surface area contributed by atoms with E-state index in [2.05, 4.69) is 29.3 Å². The van der Waals surface area contributed by atoms with Gasteiger partial charge in [0.2, 0.25) is 5.89 Å². The number of piperidine rings is 1. The SMILES string of the molecule is CC1(c2noc(C3(C)CCNCC3)n2)CC1. The summed E-state index contributed by atoms with van der Waals surface area (Å²) in [5.41, 5.74) is 0.298. The molecule has 0 bridgehead atoms. The van der Waals surface area contributed by atoms with Gasteiger partial charge in [-0.3, -0.25) is 0 Å². The maximum Gasteiger partial charge on any atom is 0.232 e. The van der Waals surface area contributed by atoms with Gasteiger partial charge in [-0.2, -0.15) is 4.98 Å². The lowest BCUT2D eigenvalue weighted by Crippen LogP contribution is -2.37. The lowest BCUT2D eigenvalue weighted by atomic mass is 9.81. The third kappa shape index (κ3) is 1.56. The van der Waals surface area contributed by atoms with Gasteiger partial charge in [-0.1, -0.05) is 19.0 Å². The van der Waals surface area contributed by atoms with Crippen molar-refractivity contribution in [2.24, 2.45) is 0 Å². The molecule has 3 rings (SSSR count). The third-order valence-electron chi connectivity index (χ3n) is 4.19. The first kappa shape index (κ1) is 10.3. The molecular formula is C12H19N3O. The summed E-state index contributed by atoms with van der Waals surface area (Å²) in [5, 5.41) is 7.53. The standard InChI is InChI=1S/C12H19N3O/c1-11(3-4-11)9-14-10(16-15-9)12(2)5-7-13-8-6-12/h13H,3-8H2,1-2H3. The van der Waals surface area contributed by atoms with Crippen LogP contribution in [0.1, 0.15) is 51.2 Å². The minimum Gasteiger partial charge on any atom is -0.339 e. The van der Waals surface area contributed by atoms with Crippen LogP contribution in [0, 0.1) is 0 Å². The molecule has 1 saturated carbocycles. The van der Waals surface area contributed by atoms with Crippen LogP contribution in [0.4, 0.5) is 0 Å². The highest BCUT2D eigenvalue weighted by atomic mass is 16.5. The van der Waals surface area contributed by atoms with Crippen molar-refractivity contribution in [2.75, 3.05) is 13.1 Å². The molecule has 2 fully saturated rings. The van der Waals surface area contributed by atoms with E-state index in [1.807, 2.05) is 0 Å². The Morgan fingerprint density at radius 3 is 2.38 bits per heavy atom. The highest BCUT2D eigenvalue weighted by molar-refractivity contribution is 5.16. The van der Waals surface area contributed by atoms with E-state index in [-0.39, 0.29) is 10.8 Å².